The van der Waals surface area contributed by atoms with Crippen LogP contribution in [0.25, 0.3) is 1.43 Å². The van der Waals surface area contributed by atoms with Gasteiger partial charge in [0.2, 0.25) is 0 Å². The summed E-state index contributed by atoms with van der Waals surface area (Å²) in [5.41, 5.74) is 0.294. The molecule has 0 saturated heterocycles. The number of aromatic hydroxyl groups is 1. The fourth-order valence-electron chi connectivity index (χ4n) is 1.28. The van der Waals surface area contributed by atoms with Crippen molar-refractivity contribution in [3.05, 3.63) is 65.7 Å². The first-order chi connectivity index (χ1) is 10.1. The molecule has 2 aromatic carbocycles. The van der Waals surface area contributed by atoms with E-state index in [-0.39, 0.29) is 11.3 Å². The summed E-state index contributed by atoms with van der Waals surface area (Å²) < 4.78 is 6.14. The molecule has 0 unspecified atom stereocenters. The third kappa shape index (κ3) is 4.43. The number of hydrogen-bond donors (Lipinski definition) is 3. The van der Waals surface area contributed by atoms with E-state index in [4.69, 9.17) is 11.6 Å². The lowest BCUT2D eigenvalue weighted by Gasteiger charge is -1.95. The zero-order valence-electron chi connectivity index (χ0n) is 11.2. The lowest BCUT2D eigenvalue weighted by Crippen LogP contribution is -2.00. The molecule has 20 heavy (non-hydrogen) atoms. The smallest absolute Gasteiger partial charge is 0.372 e. The van der Waals surface area contributed by atoms with Crippen LogP contribution in [-0.2, 0) is 4.89 Å². The van der Waals surface area contributed by atoms with Gasteiger partial charge in [0.1, 0.15) is 11.3 Å². The van der Waals surface area contributed by atoms with E-state index in [2.05, 4.69) is 10.1 Å². The fraction of sp³-hybridized carbons (Fsp3) is 0. The Morgan fingerprint density at radius 1 is 1.00 bits per heavy atom. The van der Waals surface area contributed by atoms with Crippen LogP contribution < -0.4 is 0 Å². The van der Waals surface area contributed by atoms with Gasteiger partial charge in [0.05, 0.1) is 5.56 Å². The van der Waals surface area contributed by atoms with Crippen LogP contribution >= 0.6 is 0 Å². The summed E-state index contributed by atoms with van der Waals surface area (Å²) >= 11 is 0. The maximum Gasteiger partial charge on any atom is 0.372 e. The summed E-state index contributed by atoms with van der Waals surface area (Å²) in [5, 5.41) is 20.8. The highest BCUT2D eigenvalue weighted by molar-refractivity contribution is 5.90. The summed E-state index contributed by atoms with van der Waals surface area (Å²) in [5.74, 6) is -1.98. The molecule has 2 rings (SSSR count). The highest BCUT2D eigenvalue weighted by atomic mass is 17.1. The zero-order chi connectivity index (χ0) is 15.7. The molecular formula is C14H12O6. The Hall–Kier alpha value is -2.86. The highest BCUT2D eigenvalue weighted by Crippen LogP contribution is 2.14. The van der Waals surface area contributed by atoms with Gasteiger partial charge in [-0.05, 0) is 24.3 Å². The Morgan fingerprint density at radius 2 is 1.60 bits per heavy atom. The van der Waals surface area contributed by atoms with Gasteiger partial charge in [0.15, 0.2) is 0 Å². The number of phenols is 1. The van der Waals surface area contributed by atoms with E-state index in [0.29, 0.717) is 5.56 Å². The van der Waals surface area contributed by atoms with Crippen molar-refractivity contribution < 1.29 is 29.9 Å². The topological polar surface area (TPSA) is 104 Å². The second kappa shape index (κ2) is 7.55. The highest BCUT2D eigenvalue weighted by Gasteiger charge is 2.05. The predicted molar refractivity (Wildman–Crippen MR) is 69.6 cm³/mol. The number of benzene rings is 2. The average Bonchev–Trinajstić information content (AvgIpc) is 2.49. The maximum atomic E-state index is 10.8. The van der Waals surface area contributed by atoms with Gasteiger partial charge in [0, 0.05) is 0 Å². The van der Waals surface area contributed by atoms with Crippen LogP contribution in [0.5, 0.6) is 5.75 Å². The predicted octanol–water partition coefficient (Wildman–Crippen LogP) is 2.41. The third-order valence-electron chi connectivity index (χ3n) is 2.22. The van der Waals surface area contributed by atoms with Crippen molar-refractivity contribution in [3.63, 3.8) is 0 Å². The van der Waals surface area contributed by atoms with Gasteiger partial charge in [-0.2, -0.15) is 5.26 Å². The summed E-state index contributed by atoms with van der Waals surface area (Å²) in [6.45, 7) is 0. The quantitative estimate of drug-likeness (QED) is 0.588. The van der Waals surface area contributed by atoms with Crippen LogP contribution in [0.3, 0.4) is 0 Å². The van der Waals surface area contributed by atoms with Crippen molar-refractivity contribution in [2.75, 3.05) is 0 Å². The monoisotopic (exact) mass is 277 g/mol. The van der Waals surface area contributed by atoms with E-state index in [9.17, 15) is 9.59 Å². The van der Waals surface area contributed by atoms with Crippen LogP contribution in [0.2, 0.25) is 0 Å². The van der Waals surface area contributed by atoms with E-state index in [1.54, 1.807) is 42.5 Å². The molecule has 0 fully saturated rings. The Labute approximate surface area is 115 Å². The largest absolute Gasteiger partial charge is 0.507 e. The molecular weight excluding hydrogens is 264 g/mol. The first-order valence-corrected chi connectivity index (χ1v) is 5.46. The summed E-state index contributed by atoms with van der Waals surface area (Å²) in [4.78, 5) is 25.0. The molecule has 0 saturated carbocycles. The molecule has 0 aliphatic carbocycles. The van der Waals surface area contributed by atoms with Gasteiger partial charge >= 0.3 is 11.9 Å². The zero-order valence-corrected chi connectivity index (χ0v) is 10.2. The van der Waals surface area contributed by atoms with Crippen molar-refractivity contribution in [2.45, 2.75) is 0 Å². The molecule has 3 N–H and O–H groups in total. The van der Waals surface area contributed by atoms with Gasteiger partial charge in [-0.25, -0.2) is 9.59 Å². The molecule has 0 aromatic heterocycles. The molecule has 0 bridgehead atoms. The molecule has 2 aromatic rings. The van der Waals surface area contributed by atoms with Crippen molar-refractivity contribution in [2.24, 2.45) is 0 Å². The number of carbonyl (C=O) groups excluding carboxylic acids is 1. The second-order valence-corrected chi connectivity index (χ2v) is 3.56. The maximum absolute atomic E-state index is 10.8. The Kier molecular flexibility index (Phi) is 5.12. The Morgan fingerprint density at radius 3 is 2.10 bits per heavy atom. The first kappa shape index (κ1) is 13.6. The molecule has 104 valence electrons. The Bertz CT molecular complexity index is 599. The minimum Gasteiger partial charge on any atom is -0.507 e. The summed E-state index contributed by atoms with van der Waals surface area (Å²) in [6.07, 6.45) is 0. The fourth-order valence-corrected chi connectivity index (χ4v) is 1.28. The molecule has 0 radical (unpaired) electrons. The lowest BCUT2D eigenvalue weighted by molar-refractivity contribution is -0.182. The minimum atomic E-state index is -1.11. The normalized spacial score (nSPS) is 9.70. The van der Waals surface area contributed by atoms with E-state index >= 15 is 0 Å². The Balaban J connectivity index is 0.000000211. The van der Waals surface area contributed by atoms with Gasteiger partial charge in [-0.1, -0.05) is 30.3 Å². The van der Waals surface area contributed by atoms with E-state index < -0.39 is 11.9 Å². The van der Waals surface area contributed by atoms with Crippen molar-refractivity contribution in [1.29, 1.82) is 1.43 Å². The molecule has 6 heteroatoms. The number of carboxylic acids is 1. The van der Waals surface area contributed by atoms with Crippen LogP contribution in [0, 0.1) is 0 Å². The molecule has 0 aliphatic rings. The molecule has 0 spiro atoms. The average molecular weight is 277 g/mol. The van der Waals surface area contributed by atoms with Crippen LogP contribution in [0.15, 0.2) is 54.6 Å². The van der Waals surface area contributed by atoms with E-state index in [1.807, 2.05) is 0 Å². The first-order valence-electron chi connectivity index (χ1n) is 5.87. The molecule has 0 amide bonds. The van der Waals surface area contributed by atoms with Crippen LogP contribution in [0.4, 0.5) is 0 Å². The number of para-hydroxylation sites is 1. The van der Waals surface area contributed by atoms with Crippen molar-refractivity contribution in [3.8, 4) is 5.75 Å². The second-order valence-electron chi connectivity index (χ2n) is 3.56. The van der Waals surface area contributed by atoms with Crippen LogP contribution in [0.1, 0.15) is 20.7 Å². The molecule has 6 nitrogen and oxygen atoms in total. The summed E-state index contributed by atoms with van der Waals surface area (Å²) in [7, 11) is 0. The number of aromatic carboxylic acids is 1. The number of carbonyl (C=O) groups is 2. The molecule has 0 atom stereocenters. The van der Waals surface area contributed by atoms with Gasteiger partial charge in [-0.3, -0.25) is 4.89 Å². The van der Waals surface area contributed by atoms with E-state index in [0.717, 1.165) is 0 Å². The van der Waals surface area contributed by atoms with Crippen molar-refractivity contribution in [1.82, 2.24) is 0 Å². The van der Waals surface area contributed by atoms with Gasteiger partial charge in [-0.15, -0.1) is 0 Å². The summed E-state index contributed by atoms with van der Waals surface area (Å²) in [6, 6.07) is 14.1. The number of rotatable bonds is 3. The molecule has 0 aliphatic heterocycles. The third-order valence-corrected chi connectivity index (χ3v) is 2.22. The van der Waals surface area contributed by atoms with Crippen molar-refractivity contribution >= 4 is 11.9 Å². The SMILES string of the molecule is O=C(O)c1ccccc1O.[2H]OOC(=O)c1ccccc1. The van der Waals surface area contributed by atoms with Gasteiger partial charge in [0.25, 0.3) is 1.43 Å². The standard InChI is InChI=1S/2C7H6O3/c8-7(10-9)6-4-2-1-3-5-6;8-6-4-2-1-3-5(6)7(9)10/h1-5,9H;1-4,8H,(H,9,10)/i/hD. The number of hydrogen-bond acceptors (Lipinski definition) is 5. The lowest BCUT2D eigenvalue weighted by atomic mass is 10.2. The van der Waals surface area contributed by atoms with E-state index in [1.165, 1.54) is 12.1 Å². The van der Waals surface area contributed by atoms with Crippen LogP contribution in [-0.4, -0.2) is 27.4 Å². The number of carboxylic acid groups (broad SMARTS) is 1. The molecule has 0 heterocycles. The van der Waals surface area contributed by atoms with Gasteiger partial charge < -0.3 is 10.2 Å². The minimum absolute atomic E-state index is 0.0671.